The Morgan fingerprint density at radius 3 is 2.50 bits per heavy atom. The third-order valence-electron chi connectivity index (χ3n) is 4.75. The number of cyclic esters (lactones) is 1. The minimum absolute atomic E-state index is 0.0104. The van der Waals surface area contributed by atoms with Crippen molar-refractivity contribution in [3.05, 3.63) is 46.3 Å². The number of carbonyl (C=O) groups is 3. The fraction of sp³-hybridized carbons (Fsp3) is 0.333. The van der Waals surface area contributed by atoms with E-state index in [2.05, 4.69) is 0 Å². The highest BCUT2D eigenvalue weighted by atomic mass is 16.6. The molecular formula is C18H16N2O6. The van der Waals surface area contributed by atoms with E-state index in [1.54, 1.807) is 29.2 Å². The predicted molar refractivity (Wildman–Crippen MR) is 89.6 cm³/mol. The van der Waals surface area contributed by atoms with Crippen LogP contribution in [0.2, 0.25) is 0 Å². The molecule has 0 unspecified atom stereocenters. The van der Waals surface area contributed by atoms with Crippen LogP contribution >= 0.6 is 0 Å². The van der Waals surface area contributed by atoms with Crippen LogP contribution in [-0.4, -0.2) is 53.4 Å². The van der Waals surface area contributed by atoms with E-state index in [0.29, 0.717) is 36.9 Å². The lowest BCUT2D eigenvalue weighted by Gasteiger charge is -2.34. The van der Waals surface area contributed by atoms with Crippen molar-refractivity contribution in [2.75, 3.05) is 19.7 Å². The van der Waals surface area contributed by atoms with E-state index in [1.165, 1.54) is 6.07 Å². The first kappa shape index (κ1) is 16.3. The number of likely N-dealkylation sites (tertiary alicyclic amines) is 1. The summed E-state index contributed by atoms with van der Waals surface area (Å²) in [7, 11) is 0. The van der Waals surface area contributed by atoms with E-state index >= 15 is 0 Å². The summed E-state index contributed by atoms with van der Waals surface area (Å²) in [6.45, 7) is 0.494. The van der Waals surface area contributed by atoms with Crippen molar-refractivity contribution < 1.29 is 23.5 Å². The van der Waals surface area contributed by atoms with Crippen LogP contribution in [0.3, 0.4) is 0 Å². The van der Waals surface area contributed by atoms with Gasteiger partial charge in [0.25, 0.3) is 11.8 Å². The topological polar surface area (TPSA) is 97.1 Å². The third kappa shape index (κ3) is 2.73. The standard InChI is InChI=1S/C18H16N2O6/c21-13-9-15(26-14-4-2-1-3-12(13)14)17(23)19-7-5-11(6-8-19)20-16(22)10-25-18(20)24/h1-4,9,11H,5-8,10H2. The zero-order valence-electron chi connectivity index (χ0n) is 13.8. The average Bonchev–Trinajstić information content (AvgIpc) is 2.99. The Balaban J connectivity index is 1.49. The van der Waals surface area contributed by atoms with Crippen molar-refractivity contribution in [3.8, 4) is 0 Å². The van der Waals surface area contributed by atoms with Crippen LogP contribution in [0.4, 0.5) is 4.79 Å². The fourth-order valence-electron chi connectivity index (χ4n) is 3.41. The number of imide groups is 1. The van der Waals surface area contributed by atoms with Crippen molar-refractivity contribution in [2.45, 2.75) is 18.9 Å². The van der Waals surface area contributed by atoms with E-state index in [0.717, 1.165) is 4.90 Å². The minimum Gasteiger partial charge on any atom is -0.451 e. The summed E-state index contributed by atoms with van der Waals surface area (Å²) in [4.78, 5) is 50.9. The highest BCUT2D eigenvalue weighted by Gasteiger charge is 2.39. The van der Waals surface area contributed by atoms with E-state index in [-0.39, 0.29) is 35.7 Å². The van der Waals surface area contributed by atoms with Crippen molar-refractivity contribution >= 4 is 28.9 Å². The van der Waals surface area contributed by atoms with Crippen LogP contribution in [-0.2, 0) is 9.53 Å². The van der Waals surface area contributed by atoms with Gasteiger partial charge >= 0.3 is 6.09 Å². The zero-order valence-corrected chi connectivity index (χ0v) is 13.8. The number of fused-ring (bicyclic) bond motifs is 1. The molecule has 8 heteroatoms. The lowest BCUT2D eigenvalue weighted by atomic mass is 10.0. The Kier molecular flexibility index (Phi) is 3.95. The molecule has 2 aliphatic heterocycles. The van der Waals surface area contributed by atoms with Crippen molar-refractivity contribution in [2.24, 2.45) is 0 Å². The maximum Gasteiger partial charge on any atom is 0.417 e. The smallest absolute Gasteiger partial charge is 0.417 e. The predicted octanol–water partition coefficient (Wildman–Crippen LogP) is 1.38. The molecule has 26 heavy (non-hydrogen) atoms. The second-order valence-electron chi connectivity index (χ2n) is 6.31. The number of carbonyl (C=O) groups excluding carboxylic acids is 3. The number of benzene rings is 1. The second kappa shape index (κ2) is 6.29. The molecule has 8 nitrogen and oxygen atoms in total. The molecule has 1 aromatic heterocycles. The highest BCUT2D eigenvalue weighted by Crippen LogP contribution is 2.22. The lowest BCUT2D eigenvalue weighted by molar-refractivity contribution is -0.127. The van der Waals surface area contributed by atoms with Crippen LogP contribution in [0.5, 0.6) is 0 Å². The Bertz CT molecular complexity index is 942. The molecule has 134 valence electrons. The molecular weight excluding hydrogens is 340 g/mol. The number of hydrogen-bond donors (Lipinski definition) is 0. The highest BCUT2D eigenvalue weighted by molar-refractivity contribution is 5.98. The summed E-state index contributed by atoms with van der Waals surface area (Å²) in [6.07, 6.45) is 0.301. The first-order valence-electron chi connectivity index (χ1n) is 8.35. The summed E-state index contributed by atoms with van der Waals surface area (Å²) in [6, 6.07) is 7.69. The Hall–Kier alpha value is -3.16. The fourth-order valence-corrected chi connectivity index (χ4v) is 3.41. The quantitative estimate of drug-likeness (QED) is 0.806. The summed E-state index contributed by atoms with van der Waals surface area (Å²) in [5.41, 5.74) is 0.0964. The van der Waals surface area contributed by atoms with Crippen molar-refractivity contribution in [1.29, 1.82) is 0 Å². The van der Waals surface area contributed by atoms with Crippen LogP contribution < -0.4 is 5.43 Å². The minimum atomic E-state index is -0.625. The summed E-state index contributed by atoms with van der Waals surface area (Å²) >= 11 is 0. The summed E-state index contributed by atoms with van der Waals surface area (Å²) in [5.74, 6) is -0.731. The second-order valence-corrected chi connectivity index (χ2v) is 6.31. The van der Waals surface area contributed by atoms with Gasteiger partial charge in [0, 0.05) is 25.2 Å². The molecule has 1 aromatic carbocycles. The van der Waals surface area contributed by atoms with Crippen molar-refractivity contribution in [3.63, 3.8) is 0 Å². The molecule has 2 fully saturated rings. The van der Waals surface area contributed by atoms with Gasteiger partial charge in [-0.1, -0.05) is 12.1 Å². The molecule has 2 aliphatic rings. The van der Waals surface area contributed by atoms with Gasteiger partial charge in [-0.2, -0.15) is 0 Å². The number of para-hydroxylation sites is 1. The number of amides is 3. The van der Waals surface area contributed by atoms with E-state index in [9.17, 15) is 19.2 Å². The first-order valence-corrected chi connectivity index (χ1v) is 8.35. The largest absolute Gasteiger partial charge is 0.451 e. The molecule has 0 spiro atoms. The van der Waals surface area contributed by atoms with Crippen LogP contribution in [0.15, 0.2) is 39.5 Å². The summed E-state index contributed by atoms with van der Waals surface area (Å²) < 4.78 is 10.3. The Labute approximate surface area is 147 Å². The molecule has 3 amide bonds. The monoisotopic (exact) mass is 356 g/mol. The third-order valence-corrected chi connectivity index (χ3v) is 4.75. The SMILES string of the molecule is O=C(c1cc(=O)c2ccccc2o1)N1CCC(N2C(=O)COC2=O)CC1. The van der Waals surface area contributed by atoms with E-state index < -0.39 is 6.09 Å². The van der Waals surface area contributed by atoms with Gasteiger partial charge in [-0.05, 0) is 25.0 Å². The van der Waals surface area contributed by atoms with Gasteiger partial charge in [0.1, 0.15) is 5.58 Å². The number of hydrogen-bond acceptors (Lipinski definition) is 6. The number of ether oxygens (including phenoxy) is 1. The average molecular weight is 356 g/mol. The van der Waals surface area contributed by atoms with E-state index in [1.807, 2.05) is 0 Å². The van der Waals surface area contributed by atoms with Gasteiger partial charge in [0.2, 0.25) is 0 Å². The van der Waals surface area contributed by atoms with E-state index in [4.69, 9.17) is 9.15 Å². The lowest BCUT2D eigenvalue weighted by Crippen LogP contribution is -2.48. The molecule has 0 bridgehead atoms. The van der Waals surface area contributed by atoms with Gasteiger partial charge in [-0.15, -0.1) is 0 Å². The maximum absolute atomic E-state index is 12.7. The maximum atomic E-state index is 12.7. The molecule has 0 N–H and O–H groups in total. The van der Waals surface area contributed by atoms with Gasteiger partial charge in [-0.25, -0.2) is 9.69 Å². The molecule has 3 heterocycles. The molecule has 4 rings (SSSR count). The van der Waals surface area contributed by atoms with Gasteiger partial charge in [0.15, 0.2) is 17.8 Å². The number of rotatable bonds is 2. The van der Waals surface area contributed by atoms with Crippen LogP contribution in [0, 0.1) is 0 Å². The molecule has 2 saturated heterocycles. The Morgan fingerprint density at radius 2 is 1.81 bits per heavy atom. The molecule has 0 atom stereocenters. The Morgan fingerprint density at radius 1 is 1.08 bits per heavy atom. The molecule has 0 saturated carbocycles. The first-order chi connectivity index (χ1) is 12.5. The molecule has 0 aliphatic carbocycles. The van der Waals surface area contributed by atoms with Crippen molar-refractivity contribution in [1.82, 2.24) is 9.80 Å². The van der Waals surface area contributed by atoms with Crippen LogP contribution in [0.1, 0.15) is 23.4 Å². The summed E-state index contributed by atoms with van der Waals surface area (Å²) in [5, 5.41) is 0.425. The number of nitrogens with zero attached hydrogens (tertiary/aromatic N) is 2. The van der Waals surface area contributed by atoms with Gasteiger partial charge in [-0.3, -0.25) is 14.4 Å². The van der Waals surface area contributed by atoms with Gasteiger partial charge in [0.05, 0.1) is 5.39 Å². The molecule has 2 aromatic rings. The number of piperidine rings is 1. The van der Waals surface area contributed by atoms with Crippen LogP contribution in [0.25, 0.3) is 11.0 Å². The zero-order chi connectivity index (χ0) is 18.3. The normalized spacial score (nSPS) is 18.5. The molecule has 0 radical (unpaired) electrons. The van der Waals surface area contributed by atoms with Gasteiger partial charge < -0.3 is 14.1 Å².